The summed E-state index contributed by atoms with van der Waals surface area (Å²) in [7, 11) is 0. The van der Waals surface area contributed by atoms with Crippen LogP contribution in [0.1, 0.15) is 156 Å². The largest absolute Gasteiger partial charge is 0.481 e. The third kappa shape index (κ3) is 52.6. The predicted octanol–water partition coefficient (Wildman–Crippen LogP) is -19.7. The lowest BCUT2D eigenvalue weighted by Gasteiger charge is -2.29. The first-order valence-electron chi connectivity index (χ1n) is 46.3. The number of carbonyl (C=O) groups excluding carboxylic acids is 19. The number of nitrogens with one attached hydrogen (secondary N) is 21. The molecule has 19 amide bonds. The fraction of sp³-hybridized carbons (Fsp3) is 0.707. The number of carbonyl (C=O) groups is 23. The van der Waals surface area contributed by atoms with Gasteiger partial charge in [-0.25, -0.2) is 4.79 Å². The summed E-state index contributed by atoms with van der Waals surface area (Å²) >= 11 is 0. The molecular formula is C82H146N28O35. The molecule has 0 aliphatic carbocycles. The van der Waals surface area contributed by atoms with Crippen molar-refractivity contribution in [3.63, 3.8) is 0 Å². The van der Waals surface area contributed by atoms with Gasteiger partial charge in [0.25, 0.3) is 0 Å². The van der Waals surface area contributed by atoms with Crippen LogP contribution in [-0.2, 0) is 110 Å². The van der Waals surface area contributed by atoms with Crippen molar-refractivity contribution in [2.45, 2.75) is 283 Å². The Balaban J connectivity index is 6.74. The molecule has 0 aromatic carbocycles. The van der Waals surface area contributed by atoms with E-state index >= 15 is 0 Å². The number of carboxylic acid groups (broad SMARTS) is 4. The molecule has 145 heavy (non-hydrogen) atoms. The molecule has 0 spiro atoms. The van der Waals surface area contributed by atoms with Crippen LogP contribution in [0.5, 0.6) is 0 Å². The van der Waals surface area contributed by atoms with Gasteiger partial charge >= 0.3 is 23.9 Å². The summed E-state index contributed by atoms with van der Waals surface area (Å²) in [6.45, 7) is -3.56. The fourth-order valence-corrected chi connectivity index (χ4v) is 13.0. The Labute approximate surface area is 831 Å². The molecule has 0 bridgehead atoms. The van der Waals surface area contributed by atoms with Crippen molar-refractivity contribution in [1.82, 2.24) is 106 Å². The molecule has 21 atom stereocenters. The second kappa shape index (κ2) is 71.9. The number of aliphatic hydroxyl groups is 8. The maximum atomic E-state index is 14.4. The number of aliphatic hydroxyl groups excluding tert-OH is 8. The smallest absolute Gasteiger partial charge is 0.328 e. The summed E-state index contributed by atoms with van der Waals surface area (Å²) < 4.78 is 0. The highest BCUT2D eigenvalue weighted by atomic mass is 16.4. The summed E-state index contributed by atoms with van der Waals surface area (Å²) in [5, 5.41) is 171. The summed E-state index contributed by atoms with van der Waals surface area (Å²) in [5.41, 5.74) is 39.5. The predicted molar refractivity (Wildman–Crippen MR) is 501 cm³/mol. The Morgan fingerprint density at radius 3 is 0.828 bits per heavy atom. The molecule has 47 N–H and O–H groups in total. The van der Waals surface area contributed by atoms with E-state index in [-0.39, 0.29) is 123 Å². The van der Waals surface area contributed by atoms with Crippen LogP contribution in [0.25, 0.3) is 0 Å². The average molecular weight is 2080 g/mol. The van der Waals surface area contributed by atoms with Crippen molar-refractivity contribution in [2.24, 2.45) is 40.1 Å². The second-order valence-corrected chi connectivity index (χ2v) is 33.3. The Hall–Kier alpha value is -13.5. The Morgan fingerprint density at radius 2 is 0.497 bits per heavy atom. The van der Waals surface area contributed by atoms with E-state index in [1.807, 2.05) is 37.2 Å². The van der Waals surface area contributed by atoms with E-state index < -0.39 is 335 Å². The highest BCUT2D eigenvalue weighted by Gasteiger charge is 2.41. The van der Waals surface area contributed by atoms with Crippen LogP contribution in [-0.4, -0.2) is 416 Å². The summed E-state index contributed by atoms with van der Waals surface area (Å²) in [6, 6.07) is -33.3. The standard InChI is InChI=1S/C82H146N28O35/c1-38(64(127)96-46(20-9-14-26-87)71(134)109-63(41(4)118)80(143)106-54(36-114)77(140)110-62(40(3)117)79(142)100-47(21-15-27-91-82(89)90)70(133)105-53(35-113)76(139)107-55(37-115)81(144)145)94-67(130)43(17-6-11-23-84)97-68(131)44(18-7-12-24-85)98-72(135)49(29-59(123)124)102-73(136)50(30-60(125)126)103-74(137)51(33-111)95-56(119)31-93-78(141)61(39(2)116)108-57(120)32-92-66(129)48(28-58(121)122)101-69(132)45(19-8-13-25-86)99-75(138)52(34-112)104-65(128)42(88)16-5-10-22-83/h38-55,61-63,111-118H,5-37,83-88H2,1-4H3,(H,92,129)(H,93,141)(H,94,130)(H,95,119)(H,96,127)(H,97,131)(H,98,135)(H,99,138)(H,100,142)(H,101,132)(H,102,136)(H,103,137)(H,104,128)(H,105,133)(H,106,143)(H,107,139)(H,108,120)(H,109,134)(H,110,140)(H,121,122)(H,123,124)(H,125,126)(H,144,145)(H4,89,90,91)/t38-,39+,40+,41+,42-,43-,44-,45-,46-,47-,48-,49-,50-,51-,52-,53-,54-,55-,61-,62-,63-/m0/s1. The lowest BCUT2D eigenvalue weighted by atomic mass is 10.0. The fourth-order valence-electron chi connectivity index (χ4n) is 13.0. The van der Waals surface area contributed by atoms with Gasteiger partial charge in [-0.05, 0) is 163 Å². The molecule has 0 fully saturated rings. The maximum Gasteiger partial charge on any atom is 0.328 e. The molecule has 0 saturated carbocycles. The lowest BCUT2D eigenvalue weighted by Crippen LogP contribution is -2.63. The van der Waals surface area contributed by atoms with Gasteiger partial charge in [-0.15, -0.1) is 0 Å². The van der Waals surface area contributed by atoms with Gasteiger partial charge in [0, 0.05) is 6.54 Å². The molecule has 0 aliphatic heterocycles. The van der Waals surface area contributed by atoms with Crippen molar-refractivity contribution >= 4 is 142 Å². The van der Waals surface area contributed by atoms with Gasteiger partial charge in [0.2, 0.25) is 112 Å². The summed E-state index contributed by atoms with van der Waals surface area (Å²) in [5.74, 6) is -31.6. The zero-order valence-electron chi connectivity index (χ0n) is 80.8. The SMILES string of the molecule is C[C@H](NC(=O)[C@H](CCCCN)NC(=O)[C@H](CCCCN)NC(=O)[C@H](CC(=O)O)NC(=O)[C@H](CC(=O)O)NC(=O)[C@H](CO)NC(=O)CNC(=O)[C@@H](NC(=O)CNC(=O)[C@H](CC(=O)O)NC(=O)[C@H](CCCCN)NC(=O)[C@H](CO)NC(=O)[C@@H](N)CCCCN)[C@@H](C)O)C(=O)N[C@@H](CCCCN)C(=O)N[C@H](C(=O)N[C@@H](CO)C(=O)N[C@H](C(=O)N[C@@H](CCCNC(=N)N)C(=O)N[C@@H](CO)C(=O)N[C@@H](CO)C(=O)O)[C@@H](C)O)[C@@H](C)O. The number of hydrogen-bond donors (Lipinski definition) is 40. The average Bonchev–Trinajstić information content (AvgIpc) is 0.866. The minimum absolute atomic E-state index is 0.00279. The molecule has 0 aromatic rings. The molecular weight excluding hydrogens is 1940 g/mol. The number of carboxylic acids is 4. The molecule has 63 heteroatoms. The maximum absolute atomic E-state index is 14.4. The van der Waals surface area contributed by atoms with Gasteiger partial charge < -0.3 is 208 Å². The first kappa shape index (κ1) is 132. The summed E-state index contributed by atoms with van der Waals surface area (Å²) in [4.78, 5) is 307. The van der Waals surface area contributed by atoms with Crippen molar-refractivity contribution in [1.29, 1.82) is 5.41 Å². The molecule has 0 unspecified atom stereocenters. The lowest BCUT2D eigenvalue weighted by molar-refractivity contribution is -0.144. The zero-order chi connectivity index (χ0) is 110. The van der Waals surface area contributed by atoms with Crippen LogP contribution in [0.15, 0.2) is 0 Å². The van der Waals surface area contributed by atoms with E-state index in [0.717, 1.165) is 27.7 Å². The van der Waals surface area contributed by atoms with Crippen LogP contribution >= 0.6 is 0 Å². The normalized spacial score (nSPS) is 15.4. The number of guanidine groups is 1. The third-order valence-electron chi connectivity index (χ3n) is 21.2. The first-order valence-corrected chi connectivity index (χ1v) is 46.3. The number of rotatable bonds is 77. The second-order valence-electron chi connectivity index (χ2n) is 33.3. The van der Waals surface area contributed by atoms with Gasteiger partial charge in [0.1, 0.15) is 103 Å². The van der Waals surface area contributed by atoms with Crippen molar-refractivity contribution in [3.8, 4) is 0 Å². The number of unbranched alkanes of at least 4 members (excludes halogenated alkanes) is 5. The minimum Gasteiger partial charge on any atom is -0.481 e. The molecule has 0 saturated heterocycles. The molecule has 0 heterocycles. The van der Waals surface area contributed by atoms with E-state index in [2.05, 4.69) is 69.1 Å². The minimum atomic E-state index is -2.30. The van der Waals surface area contributed by atoms with Gasteiger partial charge in [-0.2, -0.15) is 0 Å². The molecule has 63 nitrogen and oxygen atoms in total. The first-order chi connectivity index (χ1) is 68.3. The molecule has 0 radical (unpaired) electrons. The highest BCUT2D eigenvalue weighted by molar-refractivity contribution is 6.03. The topological polar surface area (TPSA) is 1080 Å². The van der Waals surface area contributed by atoms with Gasteiger partial charge in [0.15, 0.2) is 5.96 Å². The van der Waals surface area contributed by atoms with Crippen LogP contribution in [0.4, 0.5) is 0 Å². The van der Waals surface area contributed by atoms with Crippen molar-refractivity contribution < 1.29 is 172 Å². The molecule has 0 aliphatic rings. The van der Waals surface area contributed by atoms with Crippen LogP contribution in [0.2, 0.25) is 0 Å². The summed E-state index contributed by atoms with van der Waals surface area (Å²) in [6.07, 6.45) is -8.33. The number of nitrogens with two attached hydrogens (primary N) is 7. The van der Waals surface area contributed by atoms with E-state index in [1.165, 1.54) is 0 Å². The van der Waals surface area contributed by atoms with Gasteiger partial charge in [-0.1, -0.05) is 6.42 Å². The zero-order valence-corrected chi connectivity index (χ0v) is 80.8. The van der Waals surface area contributed by atoms with E-state index in [1.54, 1.807) is 0 Å². The third-order valence-corrected chi connectivity index (χ3v) is 21.2. The quantitative estimate of drug-likeness (QED) is 0.0153. The monoisotopic (exact) mass is 2080 g/mol. The number of aliphatic carboxylic acids is 4. The molecule has 0 rings (SSSR count). The molecule has 0 aromatic heterocycles. The van der Waals surface area contributed by atoms with Gasteiger partial charge in [-0.3, -0.25) is 111 Å². The Bertz CT molecular complexity index is 4280. The molecule has 824 valence electrons. The number of amides is 19. The Kier molecular flexibility index (Phi) is 65.2. The van der Waals surface area contributed by atoms with Gasteiger partial charge in [0.05, 0.1) is 89.7 Å². The van der Waals surface area contributed by atoms with Crippen molar-refractivity contribution in [3.05, 3.63) is 0 Å². The highest BCUT2D eigenvalue weighted by Crippen LogP contribution is 2.14. The van der Waals surface area contributed by atoms with Crippen molar-refractivity contribution in [2.75, 3.05) is 85.4 Å². The van der Waals surface area contributed by atoms with Crippen LogP contribution < -0.4 is 146 Å². The van der Waals surface area contributed by atoms with Crippen LogP contribution in [0, 0.1) is 5.41 Å². The van der Waals surface area contributed by atoms with Crippen LogP contribution in [0.3, 0.4) is 0 Å². The van der Waals surface area contributed by atoms with E-state index in [0.29, 0.717) is 25.8 Å². The Morgan fingerprint density at radius 1 is 0.255 bits per heavy atom. The number of hydrogen-bond acceptors (Lipinski definition) is 38. The van der Waals surface area contributed by atoms with E-state index in [9.17, 15) is 172 Å². The van der Waals surface area contributed by atoms with E-state index in [4.69, 9.17) is 45.5 Å².